The lowest BCUT2D eigenvalue weighted by Gasteiger charge is -2.14. The Morgan fingerprint density at radius 1 is 1.04 bits per heavy atom. The molecule has 1 aromatic rings. The molecule has 23 heavy (non-hydrogen) atoms. The Kier molecular flexibility index (Phi) is 6.28. The number of amides is 1. The van der Waals surface area contributed by atoms with E-state index in [0.717, 1.165) is 6.42 Å². The molecule has 130 valence electrons. The first-order valence-corrected chi connectivity index (χ1v) is 6.73. The number of nitrogens with one attached hydrogen (secondary N) is 1. The topological polar surface area (TPSA) is 38.3 Å². The number of ether oxygens (including phenoxy) is 1. The van der Waals surface area contributed by atoms with Crippen molar-refractivity contribution in [1.29, 1.82) is 0 Å². The third-order valence-electron chi connectivity index (χ3n) is 2.78. The zero-order chi connectivity index (χ0) is 17.7. The number of halogens is 6. The maximum absolute atomic E-state index is 12.6. The van der Waals surface area contributed by atoms with Gasteiger partial charge >= 0.3 is 12.4 Å². The summed E-state index contributed by atoms with van der Waals surface area (Å²) in [6.07, 6.45) is -8.39. The van der Waals surface area contributed by atoms with Crippen molar-refractivity contribution in [1.82, 2.24) is 5.32 Å². The van der Waals surface area contributed by atoms with Gasteiger partial charge in [-0.2, -0.15) is 26.3 Å². The van der Waals surface area contributed by atoms with E-state index in [-0.39, 0.29) is 6.07 Å². The van der Waals surface area contributed by atoms with Gasteiger partial charge in [0, 0.05) is 6.54 Å². The first-order chi connectivity index (χ1) is 10.5. The number of unbranched alkanes of at least 4 members (excludes halogenated alkanes) is 1. The number of benzene rings is 1. The number of alkyl halides is 6. The summed E-state index contributed by atoms with van der Waals surface area (Å²) < 4.78 is 80.6. The summed E-state index contributed by atoms with van der Waals surface area (Å²) >= 11 is 0. The van der Waals surface area contributed by atoms with Crippen LogP contribution < -0.4 is 10.1 Å². The quantitative estimate of drug-likeness (QED) is 0.626. The molecule has 0 spiro atoms. The standard InChI is InChI=1S/C14H15F6NO2/c1-2-3-4-21-12(22)8-23-11-6-9(13(15,16)17)5-10(7-11)14(18,19)20/h5-7H,2-4,8H2,1H3,(H,21,22). The van der Waals surface area contributed by atoms with Crippen molar-refractivity contribution in [3.63, 3.8) is 0 Å². The van der Waals surface area contributed by atoms with Crippen LogP contribution in [0.5, 0.6) is 5.75 Å². The van der Waals surface area contributed by atoms with Gasteiger partial charge < -0.3 is 10.1 Å². The second-order valence-electron chi connectivity index (χ2n) is 4.73. The third kappa shape index (κ3) is 6.37. The fraction of sp³-hybridized carbons (Fsp3) is 0.500. The molecular weight excluding hydrogens is 328 g/mol. The summed E-state index contributed by atoms with van der Waals surface area (Å²) in [6.45, 7) is 1.58. The molecule has 1 aromatic carbocycles. The molecule has 1 amide bonds. The number of rotatable bonds is 6. The Balaban J connectivity index is 2.87. The minimum atomic E-state index is -4.96. The van der Waals surface area contributed by atoms with E-state index in [0.29, 0.717) is 25.1 Å². The average Bonchev–Trinajstić information content (AvgIpc) is 2.43. The fourth-order valence-corrected chi connectivity index (χ4v) is 1.61. The van der Waals surface area contributed by atoms with Gasteiger partial charge in [0.1, 0.15) is 5.75 Å². The minimum Gasteiger partial charge on any atom is -0.484 e. The maximum atomic E-state index is 12.6. The van der Waals surface area contributed by atoms with Crippen molar-refractivity contribution in [2.24, 2.45) is 0 Å². The number of hydrogen-bond acceptors (Lipinski definition) is 2. The summed E-state index contributed by atoms with van der Waals surface area (Å²) in [5, 5.41) is 2.44. The van der Waals surface area contributed by atoms with Crippen LogP contribution in [0.4, 0.5) is 26.3 Å². The van der Waals surface area contributed by atoms with Gasteiger partial charge in [0.25, 0.3) is 5.91 Å². The van der Waals surface area contributed by atoms with E-state index in [1.807, 2.05) is 6.92 Å². The zero-order valence-electron chi connectivity index (χ0n) is 12.1. The molecule has 0 atom stereocenters. The highest BCUT2D eigenvalue weighted by atomic mass is 19.4. The Labute approximate surface area is 128 Å². The molecule has 0 bridgehead atoms. The molecule has 9 heteroatoms. The largest absolute Gasteiger partial charge is 0.484 e. The highest BCUT2D eigenvalue weighted by Gasteiger charge is 2.37. The monoisotopic (exact) mass is 343 g/mol. The van der Waals surface area contributed by atoms with Crippen LogP contribution >= 0.6 is 0 Å². The van der Waals surface area contributed by atoms with E-state index in [1.54, 1.807) is 0 Å². The van der Waals surface area contributed by atoms with Crippen LogP contribution in [0, 0.1) is 0 Å². The van der Waals surface area contributed by atoms with Gasteiger partial charge in [-0.3, -0.25) is 4.79 Å². The molecule has 0 saturated carbocycles. The normalized spacial score (nSPS) is 12.1. The summed E-state index contributed by atoms with van der Waals surface area (Å²) in [6, 6.07) is 0.845. The van der Waals surface area contributed by atoms with E-state index in [2.05, 4.69) is 5.32 Å². The van der Waals surface area contributed by atoms with E-state index < -0.39 is 41.7 Å². The Morgan fingerprint density at radius 3 is 2.00 bits per heavy atom. The van der Waals surface area contributed by atoms with Gasteiger partial charge in [-0.1, -0.05) is 13.3 Å². The predicted octanol–water partition coefficient (Wildman–Crippen LogP) is 4.02. The van der Waals surface area contributed by atoms with Gasteiger partial charge in [-0.15, -0.1) is 0 Å². The van der Waals surface area contributed by atoms with E-state index >= 15 is 0 Å². The molecule has 0 saturated heterocycles. The molecule has 3 nitrogen and oxygen atoms in total. The van der Waals surface area contributed by atoms with Gasteiger partial charge in [-0.25, -0.2) is 0 Å². The van der Waals surface area contributed by atoms with Crippen LogP contribution in [-0.2, 0) is 17.1 Å². The van der Waals surface area contributed by atoms with E-state index in [9.17, 15) is 31.1 Å². The average molecular weight is 343 g/mol. The van der Waals surface area contributed by atoms with Crippen LogP contribution in [0.3, 0.4) is 0 Å². The fourth-order valence-electron chi connectivity index (χ4n) is 1.61. The van der Waals surface area contributed by atoms with Gasteiger partial charge in [0.2, 0.25) is 0 Å². The second kappa shape index (κ2) is 7.56. The minimum absolute atomic E-state index is 0.00577. The molecule has 0 aliphatic heterocycles. The molecule has 0 fully saturated rings. The first-order valence-electron chi connectivity index (χ1n) is 6.73. The molecule has 0 aliphatic rings. The van der Waals surface area contributed by atoms with Gasteiger partial charge in [0.05, 0.1) is 11.1 Å². The van der Waals surface area contributed by atoms with Crippen LogP contribution in [0.15, 0.2) is 18.2 Å². The smallest absolute Gasteiger partial charge is 0.416 e. The Hall–Kier alpha value is -1.93. The SMILES string of the molecule is CCCCNC(=O)COc1cc(C(F)(F)F)cc(C(F)(F)F)c1. The molecule has 1 N–H and O–H groups in total. The molecule has 0 aromatic heterocycles. The highest BCUT2D eigenvalue weighted by Crippen LogP contribution is 2.38. The van der Waals surface area contributed by atoms with Crippen LogP contribution in [0.1, 0.15) is 30.9 Å². The van der Waals surface area contributed by atoms with Crippen LogP contribution in [0.2, 0.25) is 0 Å². The van der Waals surface area contributed by atoms with Gasteiger partial charge in [-0.05, 0) is 24.6 Å². The van der Waals surface area contributed by atoms with E-state index in [4.69, 9.17) is 4.74 Å². The number of carbonyl (C=O) groups is 1. The van der Waals surface area contributed by atoms with Crippen molar-refractivity contribution >= 4 is 5.91 Å². The summed E-state index contributed by atoms with van der Waals surface area (Å²) in [7, 11) is 0. The molecule has 1 rings (SSSR count). The molecular formula is C14H15F6NO2. The molecule has 0 radical (unpaired) electrons. The Bertz CT molecular complexity index is 507. The van der Waals surface area contributed by atoms with Crippen molar-refractivity contribution in [2.75, 3.05) is 13.2 Å². The molecule has 0 aliphatic carbocycles. The summed E-state index contributed by atoms with van der Waals surface area (Å²) in [5.74, 6) is -1.29. The Morgan fingerprint density at radius 2 is 1.57 bits per heavy atom. The van der Waals surface area contributed by atoms with E-state index in [1.165, 1.54) is 0 Å². The third-order valence-corrected chi connectivity index (χ3v) is 2.78. The second-order valence-corrected chi connectivity index (χ2v) is 4.73. The molecule has 0 heterocycles. The lowest BCUT2D eigenvalue weighted by atomic mass is 10.1. The summed E-state index contributed by atoms with van der Waals surface area (Å²) in [4.78, 5) is 11.4. The van der Waals surface area contributed by atoms with Crippen molar-refractivity contribution in [3.8, 4) is 5.75 Å². The van der Waals surface area contributed by atoms with Crippen molar-refractivity contribution in [2.45, 2.75) is 32.1 Å². The zero-order valence-corrected chi connectivity index (χ0v) is 12.1. The van der Waals surface area contributed by atoms with Crippen LogP contribution in [0.25, 0.3) is 0 Å². The summed E-state index contributed by atoms with van der Waals surface area (Å²) in [5.41, 5.74) is -2.98. The number of hydrogen-bond donors (Lipinski definition) is 1. The first kappa shape index (κ1) is 19.1. The lowest BCUT2D eigenvalue weighted by Crippen LogP contribution is -2.29. The lowest BCUT2D eigenvalue weighted by molar-refractivity contribution is -0.143. The molecule has 0 unspecified atom stereocenters. The highest BCUT2D eigenvalue weighted by molar-refractivity contribution is 5.77. The van der Waals surface area contributed by atoms with Gasteiger partial charge in [0.15, 0.2) is 6.61 Å². The maximum Gasteiger partial charge on any atom is 0.416 e. The van der Waals surface area contributed by atoms with Crippen molar-refractivity contribution in [3.05, 3.63) is 29.3 Å². The van der Waals surface area contributed by atoms with Crippen molar-refractivity contribution < 1.29 is 35.9 Å². The number of carbonyl (C=O) groups excluding carboxylic acids is 1. The predicted molar refractivity (Wildman–Crippen MR) is 69.9 cm³/mol. The van der Waals surface area contributed by atoms with Crippen LogP contribution in [-0.4, -0.2) is 19.1 Å².